The number of alkyl halides is 3. The molecule has 3 aromatic carbocycles. The second-order valence-electron chi connectivity index (χ2n) is 9.78. The smallest absolute Gasteiger partial charge is 0.416 e. The molecule has 1 atom stereocenters. The van der Waals surface area contributed by atoms with Gasteiger partial charge in [-0.1, -0.05) is 36.4 Å². The lowest BCUT2D eigenvalue weighted by Gasteiger charge is -2.40. The number of ether oxygens (including phenoxy) is 3. The van der Waals surface area contributed by atoms with E-state index in [9.17, 15) is 22.8 Å². The van der Waals surface area contributed by atoms with E-state index in [1.54, 1.807) is 21.9 Å². The Morgan fingerprint density at radius 3 is 2.45 bits per heavy atom. The van der Waals surface area contributed by atoms with Gasteiger partial charge in [0.25, 0.3) is 5.91 Å². The normalized spacial score (nSPS) is 16.7. The number of hydrogen-bond donors (Lipinski definition) is 0. The molecule has 0 aliphatic carbocycles. The van der Waals surface area contributed by atoms with Crippen LogP contribution in [0.3, 0.4) is 0 Å². The number of anilines is 1. The zero-order chi connectivity index (χ0) is 28.4. The van der Waals surface area contributed by atoms with Gasteiger partial charge >= 0.3 is 12.3 Å². The molecule has 7 nitrogen and oxygen atoms in total. The molecule has 5 rings (SSSR count). The van der Waals surface area contributed by atoms with Gasteiger partial charge in [-0.05, 0) is 44.0 Å². The van der Waals surface area contributed by atoms with Crippen LogP contribution in [0, 0.1) is 0 Å². The number of rotatable bonds is 6. The maximum Gasteiger partial charge on any atom is 0.416 e. The third kappa shape index (κ3) is 5.43. The number of methoxy groups -OCH3 is 1. The molecule has 0 spiro atoms. The molecular formula is C30H29F3N2O5. The quantitative estimate of drug-likeness (QED) is 0.343. The highest BCUT2D eigenvalue weighted by atomic mass is 19.4. The minimum atomic E-state index is -4.51. The van der Waals surface area contributed by atoms with E-state index in [1.807, 2.05) is 24.3 Å². The third-order valence-electron chi connectivity index (χ3n) is 7.34. The average molecular weight is 555 g/mol. The predicted molar refractivity (Wildman–Crippen MR) is 142 cm³/mol. The number of piperidine rings is 1. The summed E-state index contributed by atoms with van der Waals surface area (Å²) < 4.78 is 57.0. The Morgan fingerprint density at radius 1 is 1.02 bits per heavy atom. The third-order valence-corrected chi connectivity index (χ3v) is 7.34. The zero-order valence-electron chi connectivity index (χ0n) is 22.1. The molecule has 40 heavy (non-hydrogen) atoms. The van der Waals surface area contributed by atoms with Gasteiger partial charge in [-0.2, -0.15) is 13.2 Å². The van der Waals surface area contributed by atoms with Crippen LogP contribution in [0.15, 0.2) is 66.7 Å². The van der Waals surface area contributed by atoms with E-state index >= 15 is 0 Å². The molecule has 2 amide bonds. The van der Waals surface area contributed by atoms with E-state index in [0.29, 0.717) is 31.5 Å². The van der Waals surface area contributed by atoms with Crippen molar-refractivity contribution in [1.29, 1.82) is 0 Å². The van der Waals surface area contributed by atoms with Crippen LogP contribution < -0.4 is 14.4 Å². The van der Waals surface area contributed by atoms with Crippen LogP contribution in [0.1, 0.15) is 52.9 Å². The molecule has 1 unspecified atom stereocenters. The van der Waals surface area contributed by atoms with Gasteiger partial charge in [0, 0.05) is 36.3 Å². The van der Waals surface area contributed by atoms with Crippen molar-refractivity contribution < 1.29 is 37.0 Å². The van der Waals surface area contributed by atoms with Gasteiger partial charge in [0.15, 0.2) is 0 Å². The molecule has 0 saturated carbocycles. The number of halogens is 3. The lowest BCUT2D eigenvalue weighted by Crippen LogP contribution is -2.50. The van der Waals surface area contributed by atoms with Crippen LogP contribution in [-0.2, 0) is 17.5 Å². The summed E-state index contributed by atoms with van der Waals surface area (Å²) in [5, 5.41) is 0. The highest BCUT2D eigenvalue weighted by Gasteiger charge is 2.36. The zero-order valence-corrected chi connectivity index (χ0v) is 22.1. The highest BCUT2D eigenvalue weighted by Crippen LogP contribution is 2.37. The average Bonchev–Trinajstić information content (AvgIpc) is 2.96. The summed E-state index contributed by atoms with van der Waals surface area (Å²) in [5.41, 5.74) is 1.36. The minimum Gasteiger partial charge on any atom is -0.496 e. The first-order valence-electron chi connectivity index (χ1n) is 13.0. The van der Waals surface area contributed by atoms with Gasteiger partial charge < -0.3 is 19.1 Å². The monoisotopic (exact) mass is 554 g/mol. The first-order valence-corrected chi connectivity index (χ1v) is 13.0. The molecule has 0 N–H and O–H groups in total. The fourth-order valence-corrected chi connectivity index (χ4v) is 5.32. The lowest BCUT2D eigenvalue weighted by atomic mass is 10.00. The molecule has 210 valence electrons. The molecule has 10 heteroatoms. The molecule has 2 aliphatic heterocycles. The number of fused-ring (bicyclic) bond motifs is 1. The number of amides is 2. The van der Waals surface area contributed by atoms with Crippen LogP contribution in [-0.4, -0.2) is 43.1 Å². The number of benzene rings is 3. The fourth-order valence-electron chi connectivity index (χ4n) is 5.32. The van der Waals surface area contributed by atoms with Crippen LogP contribution in [0.2, 0.25) is 0 Å². The minimum absolute atomic E-state index is 0.0113. The van der Waals surface area contributed by atoms with E-state index in [4.69, 9.17) is 14.2 Å². The van der Waals surface area contributed by atoms with E-state index in [0.717, 1.165) is 17.3 Å². The van der Waals surface area contributed by atoms with Crippen molar-refractivity contribution in [1.82, 2.24) is 4.90 Å². The van der Waals surface area contributed by atoms with Gasteiger partial charge in [0.05, 0.1) is 23.9 Å². The van der Waals surface area contributed by atoms with Gasteiger partial charge in [-0.15, -0.1) is 0 Å². The number of para-hydroxylation sites is 1. The Morgan fingerprint density at radius 2 is 1.73 bits per heavy atom. The number of nitrogens with zero attached hydrogens (tertiary/aromatic N) is 2. The van der Waals surface area contributed by atoms with Gasteiger partial charge in [-0.3, -0.25) is 9.69 Å². The van der Waals surface area contributed by atoms with E-state index in [1.165, 1.54) is 38.3 Å². The molecule has 0 radical (unpaired) electrons. The Balaban J connectivity index is 1.27. The number of carbonyl (C=O) groups is 2. The second kappa shape index (κ2) is 11.1. The van der Waals surface area contributed by atoms with Gasteiger partial charge in [0.1, 0.15) is 24.2 Å². The van der Waals surface area contributed by atoms with E-state index in [2.05, 4.69) is 0 Å². The van der Waals surface area contributed by atoms with Crippen LogP contribution in [0.4, 0.5) is 23.7 Å². The first-order chi connectivity index (χ1) is 19.2. The van der Waals surface area contributed by atoms with Crippen LogP contribution >= 0.6 is 0 Å². The molecule has 3 aromatic rings. The summed E-state index contributed by atoms with van der Waals surface area (Å²) in [7, 11) is 1.42. The van der Waals surface area contributed by atoms with E-state index < -0.39 is 17.8 Å². The molecular weight excluding hydrogens is 525 g/mol. The van der Waals surface area contributed by atoms with Crippen molar-refractivity contribution in [2.75, 3.05) is 25.1 Å². The number of likely N-dealkylation sites (tertiary alicyclic amines) is 1. The van der Waals surface area contributed by atoms with Crippen molar-refractivity contribution in [2.24, 2.45) is 0 Å². The standard InChI is InChI=1S/C30H29F3N2O5/c1-19(23-8-4-5-9-25(23)30(31,32)33)40-22-11-12-24(27(17-22)38-2)28(36)34-15-13-21(14-16-34)35-26-10-6-3-7-20(26)18-39-29(35)37/h3-12,17,19,21H,13-16,18H2,1-2H3. The summed E-state index contributed by atoms with van der Waals surface area (Å²) in [5.74, 6) is 0.298. The lowest BCUT2D eigenvalue weighted by molar-refractivity contribution is -0.139. The van der Waals surface area contributed by atoms with E-state index in [-0.39, 0.29) is 41.7 Å². The molecule has 1 saturated heterocycles. The second-order valence-corrected chi connectivity index (χ2v) is 9.78. The predicted octanol–water partition coefficient (Wildman–Crippen LogP) is 6.62. The molecule has 1 fully saturated rings. The maximum atomic E-state index is 13.5. The molecule has 0 aromatic heterocycles. The Labute approximate surface area is 230 Å². The van der Waals surface area contributed by atoms with Gasteiger partial charge in [-0.25, -0.2) is 4.79 Å². The van der Waals surface area contributed by atoms with Crippen molar-refractivity contribution in [3.05, 3.63) is 89.0 Å². The Hall–Kier alpha value is -4.21. The topological polar surface area (TPSA) is 68.3 Å². The van der Waals surface area contributed by atoms with Crippen molar-refractivity contribution in [2.45, 2.75) is 44.7 Å². The number of cyclic esters (lactones) is 1. The first kappa shape index (κ1) is 27.4. The summed E-state index contributed by atoms with van der Waals surface area (Å²) >= 11 is 0. The number of carbonyl (C=O) groups excluding carboxylic acids is 2. The highest BCUT2D eigenvalue weighted by molar-refractivity contribution is 5.97. The SMILES string of the molecule is COc1cc(OC(C)c2ccccc2C(F)(F)F)ccc1C(=O)N1CCC(N2C(=O)OCc3ccccc32)CC1. The van der Waals surface area contributed by atoms with Crippen molar-refractivity contribution in [3.63, 3.8) is 0 Å². The van der Waals surface area contributed by atoms with Crippen molar-refractivity contribution >= 4 is 17.7 Å². The fraction of sp³-hybridized carbons (Fsp3) is 0.333. The maximum absolute atomic E-state index is 13.5. The largest absolute Gasteiger partial charge is 0.496 e. The Bertz CT molecular complexity index is 1400. The van der Waals surface area contributed by atoms with Crippen LogP contribution in [0.5, 0.6) is 11.5 Å². The molecule has 0 bridgehead atoms. The summed E-state index contributed by atoms with van der Waals surface area (Å²) in [4.78, 5) is 29.4. The van der Waals surface area contributed by atoms with Crippen molar-refractivity contribution in [3.8, 4) is 11.5 Å². The summed E-state index contributed by atoms with van der Waals surface area (Å²) in [6.07, 6.45) is -4.63. The van der Waals surface area contributed by atoms with Gasteiger partial charge in [0.2, 0.25) is 0 Å². The molecule has 2 heterocycles. The summed E-state index contributed by atoms with van der Waals surface area (Å²) in [6, 6.07) is 17.4. The number of hydrogen-bond acceptors (Lipinski definition) is 5. The van der Waals surface area contributed by atoms with Crippen LogP contribution in [0.25, 0.3) is 0 Å². The summed E-state index contributed by atoms with van der Waals surface area (Å²) in [6.45, 7) is 2.65. The Kier molecular flexibility index (Phi) is 7.60. The molecule has 2 aliphatic rings.